The molecule has 3 aliphatic rings. The van der Waals surface area contributed by atoms with Gasteiger partial charge in [0.2, 0.25) is 11.8 Å². The van der Waals surface area contributed by atoms with E-state index in [1.807, 2.05) is 13.8 Å². The van der Waals surface area contributed by atoms with Gasteiger partial charge in [-0.25, -0.2) is 19.6 Å². The molecule has 2 aliphatic carbocycles. The lowest BCUT2D eigenvalue weighted by atomic mass is 9.75. The highest BCUT2D eigenvalue weighted by molar-refractivity contribution is 8.00. The van der Waals surface area contributed by atoms with Gasteiger partial charge >= 0.3 is 5.97 Å². The first-order valence-corrected chi connectivity index (χ1v) is 22.3. The molecule has 4 rings (SSSR count). The highest BCUT2D eigenvalue weighted by atomic mass is 32.2. The van der Waals surface area contributed by atoms with Crippen LogP contribution < -0.4 is 10.6 Å². The fourth-order valence-electron chi connectivity index (χ4n) is 8.65. The molecule has 1 aromatic heterocycles. The zero-order valence-corrected chi connectivity index (χ0v) is 35.7. The topological polar surface area (TPSA) is 185 Å². The van der Waals surface area contributed by atoms with Crippen LogP contribution in [0.15, 0.2) is 21.8 Å². The monoisotopic (exact) mass is 806 g/mol. The second kappa shape index (κ2) is 19.4. The highest BCUT2D eigenvalue weighted by Gasteiger charge is 2.38. The van der Waals surface area contributed by atoms with E-state index in [1.54, 1.807) is 13.0 Å². The Morgan fingerprint density at radius 1 is 0.964 bits per heavy atom. The third-order valence-corrected chi connectivity index (χ3v) is 13.4. The Morgan fingerprint density at radius 2 is 1.55 bits per heavy atom. The van der Waals surface area contributed by atoms with Crippen molar-refractivity contribution < 1.29 is 41.9 Å². The van der Waals surface area contributed by atoms with Gasteiger partial charge < -0.3 is 20.4 Å². The van der Waals surface area contributed by atoms with Crippen molar-refractivity contribution in [1.82, 2.24) is 10.3 Å². The largest absolute Gasteiger partial charge is 0.458 e. The predicted molar refractivity (Wildman–Crippen MR) is 217 cm³/mol. The van der Waals surface area contributed by atoms with Crippen LogP contribution in [0.25, 0.3) is 6.08 Å². The number of H-pyrrole nitrogens is 1. The van der Waals surface area contributed by atoms with Gasteiger partial charge in [-0.05, 0) is 111 Å². The Kier molecular flexibility index (Phi) is 15.8. The average molecular weight is 807 g/mol. The number of carbonyl (C=O) groups excluding carboxylic acids is 3. The lowest BCUT2D eigenvalue weighted by molar-refractivity contribution is -0.354. The van der Waals surface area contributed by atoms with E-state index < -0.39 is 27.1 Å². The molecule has 1 aromatic rings. The molecule has 2 fully saturated rings. The summed E-state index contributed by atoms with van der Waals surface area (Å²) in [5.74, 6) is 1.42. The van der Waals surface area contributed by atoms with Crippen LogP contribution in [0.1, 0.15) is 118 Å². The molecule has 15 heteroatoms. The van der Waals surface area contributed by atoms with Crippen LogP contribution in [0.5, 0.6) is 0 Å². The van der Waals surface area contributed by atoms with E-state index in [2.05, 4.69) is 57.2 Å². The van der Waals surface area contributed by atoms with Crippen LogP contribution in [-0.2, 0) is 45.6 Å². The standard InChI is InChI=1S/C40H62N4O9S2/c1-11-33(54-13-12-14-55(48,49)50)39(46)44-38-34(40(47)52-35-23(4)15-21(2)16-24(35)5)28(9)32(43-38)19-31-27(8)30(37(42-31)41-29(10)45)20-51-53-36-25(6)17-22(3)18-26(36)7/h19,21-26,33,35-36,42H,11-18,20H2,1-10H3,(H,41,45)(H,43,44,46)(H,48,49,50)/b32-19-. The Labute approximate surface area is 331 Å². The number of aromatic amines is 1. The number of anilines is 1. The van der Waals surface area contributed by atoms with Crippen molar-refractivity contribution in [3.63, 3.8) is 0 Å². The molecule has 5 atom stereocenters. The SMILES string of the molecule is CCC(SCCCS(=O)(=O)O)C(=O)NC1=N/C(=C\c2[nH]c(NC(C)=O)c(COOC3C(C)CC(C)CC3C)c2C)C(C)=C1C(=O)OC1C(C)CC(C)CC1C. The van der Waals surface area contributed by atoms with E-state index in [9.17, 15) is 22.8 Å². The van der Waals surface area contributed by atoms with Gasteiger partial charge in [-0.2, -0.15) is 8.42 Å². The number of amidine groups is 1. The van der Waals surface area contributed by atoms with E-state index in [0.29, 0.717) is 64.2 Å². The number of thioether (sulfide) groups is 1. The van der Waals surface area contributed by atoms with Crippen LogP contribution in [-0.4, -0.2) is 70.5 Å². The molecule has 2 heterocycles. The zero-order valence-electron chi connectivity index (χ0n) is 34.1. The number of amides is 2. The maximum atomic E-state index is 14.1. The molecule has 2 saturated carbocycles. The molecule has 0 saturated heterocycles. The summed E-state index contributed by atoms with van der Waals surface area (Å²) in [4.78, 5) is 59.8. The maximum Gasteiger partial charge on any atom is 0.342 e. The number of hydrogen-bond donors (Lipinski definition) is 4. The molecule has 5 unspecified atom stereocenters. The predicted octanol–water partition coefficient (Wildman–Crippen LogP) is 7.39. The summed E-state index contributed by atoms with van der Waals surface area (Å²) in [5.41, 5.74) is 3.22. The Bertz CT molecular complexity index is 1740. The maximum absolute atomic E-state index is 14.1. The first-order valence-electron chi connectivity index (χ1n) is 19.7. The minimum atomic E-state index is -4.11. The Balaban J connectivity index is 1.64. The molecule has 0 radical (unpaired) electrons. The van der Waals surface area contributed by atoms with Crippen LogP contribution in [0.4, 0.5) is 5.82 Å². The third kappa shape index (κ3) is 12.0. The first-order chi connectivity index (χ1) is 25.8. The summed E-state index contributed by atoms with van der Waals surface area (Å²) >= 11 is 1.27. The molecular weight excluding hydrogens is 745 g/mol. The molecule has 0 spiro atoms. The first kappa shape index (κ1) is 44.7. The minimum absolute atomic E-state index is 0.0425. The summed E-state index contributed by atoms with van der Waals surface area (Å²) < 4.78 is 37.7. The summed E-state index contributed by atoms with van der Waals surface area (Å²) in [6.07, 6.45) is 6.06. The average Bonchev–Trinajstić information content (AvgIpc) is 3.52. The normalized spacial score (nSPS) is 28.6. The van der Waals surface area contributed by atoms with Gasteiger partial charge in [0, 0.05) is 18.2 Å². The molecule has 0 aromatic carbocycles. The molecule has 55 heavy (non-hydrogen) atoms. The van der Waals surface area contributed by atoms with Gasteiger partial charge in [-0.3, -0.25) is 14.1 Å². The molecule has 308 valence electrons. The number of nitrogens with one attached hydrogen (secondary N) is 3. The van der Waals surface area contributed by atoms with Gasteiger partial charge in [0.15, 0.2) is 0 Å². The Hall–Kier alpha value is -2.98. The van der Waals surface area contributed by atoms with Crippen molar-refractivity contribution in [2.75, 3.05) is 16.8 Å². The smallest absolute Gasteiger partial charge is 0.342 e. The second-order valence-electron chi connectivity index (χ2n) is 16.3. The van der Waals surface area contributed by atoms with E-state index in [4.69, 9.17) is 24.1 Å². The molecule has 4 N–H and O–H groups in total. The van der Waals surface area contributed by atoms with E-state index in [-0.39, 0.29) is 60.3 Å². The minimum Gasteiger partial charge on any atom is -0.458 e. The number of rotatable bonds is 15. The van der Waals surface area contributed by atoms with Crippen LogP contribution in [0.3, 0.4) is 0 Å². The van der Waals surface area contributed by atoms with Crippen molar-refractivity contribution in [3.05, 3.63) is 33.7 Å². The summed E-state index contributed by atoms with van der Waals surface area (Å²) in [6, 6.07) is 0. The quantitative estimate of drug-likeness (QED) is 0.0458. The van der Waals surface area contributed by atoms with Gasteiger partial charge in [0.25, 0.3) is 10.1 Å². The zero-order chi connectivity index (χ0) is 40.8. The molecule has 1 aliphatic heterocycles. The van der Waals surface area contributed by atoms with Crippen molar-refractivity contribution in [2.45, 2.75) is 132 Å². The number of aliphatic imine (C=N–C) groups is 1. The summed E-state index contributed by atoms with van der Waals surface area (Å²) in [5, 5.41) is 5.18. The lowest BCUT2D eigenvalue weighted by Crippen LogP contribution is -2.41. The van der Waals surface area contributed by atoms with Crippen molar-refractivity contribution in [2.24, 2.45) is 40.5 Å². The van der Waals surface area contributed by atoms with Gasteiger partial charge in [0.1, 0.15) is 29.9 Å². The van der Waals surface area contributed by atoms with Gasteiger partial charge in [0.05, 0.1) is 22.8 Å². The van der Waals surface area contributed by atoms with E-state index in [1.165, 1.54) is 18.7 Å². The lowest BCUT2D eigenvalue weighted by Gasteiger charge is -2.37. The van der Waals surface area contributed by atoms with Crippen molar-refractivity contribution >= 4 is 57.4 Å². The highest BCUT2D eigenvalue weighted by Crippen LogP contribution is 2.38. The fourth-order valence-corrected chi connectivity index (χ4v) is 10.4. The fraction of sp³-hybridized carbons (Fsp3) is 0.700. The molecular formula is C40H62N4O9S2. The molecule has 2 amide bonds. The van der Waals surface area contributed by atoms with Crippen LogP contribution in [0.2, 0.25) is 0 Å². The summed E-state index contributed by atoms with van der Waals surface area (Å²) in [7, 11) is -4.11. The number of aromatic nitrogens is 1. The van der Waals surface area contributed by atoms with Gasteiger partial charge in [-0.1, -0.05) is 48.5 Å². The number of allylic oxidation sites excluding steroid dienone is 1. The van der Waals surface area contributed by atoms with E-state index in [0.717, 1.165) is 31.2 Å². The van der Waals surface area contributed by atoms with Crippen molar-refractivity contribution in [1.29, 1.82) is 0 Å². The summed E-state index contributed by atoms with van der Waals surface area (Å²) in [6.45, 7) is 20.0. The van der Waals surface area contributed by atoms with Gasteiger partial charge in [-0.15, -0.1) is 11.8 Å². The number of ether oxygens (including phenoxy) is 1. The number of carbonyl (C=O) groups is 3. The molecule has 0 bridgehead atoms. The molecule has 13 nitrogen and oxygen atoms in total. The number of nitrogens with zero attached hydrogens (tertiary/aromatic N) is 1. The second-order valence-corrected chi connectivity index (χ2v) is 19.2. The van der Waals surface area contributed by atoms with Crippen molar-refractivity contribution in [3.8, 4) is 0 Å². The number of hydrogen-bond acceptors (Lipinski definition) is 10. The van der Waals surface area contributed by atoms with Crippen LogP contribution in [0, 0.1) is 42.4 Å². The Morgan fingerprint density at radius 3 is 2.09 bits per heavy atom. The van der Waals surface area contributed by atoms with E-state index >= 15 is 0 Å². The number of esters is 1. The van der Waals surface area contributed by atoms with Crippen LogP contribution >= 0.6 is 11.8 Å². The third-order valence-electron chi connectivity index (χ3n) is 11.2.